The van der Waals surface area contributed by atoms with Gasteiger partial charge in [0, 0.05) is 24.7 Å². The summed E-state index contributed by atoms with van der Waals surface area (Å²) in [6, 6.07) is 0. The third kappa shape index (κ3) is 7.20. The third-order valence-corrected chi connectivity index (χ3v) is 3.81. The molecule has 0 aliphatic carbocycles. The second-order valence-corrected chi connectivity index (χ2v) is 5.32. The summed E-state index contributed by atoms with van der Waals surface area (Å²) in [7, 11) is 0. The fourth-order valence-electron chi connectivity index (χ4n) is 1.76. The number of hydrogen-bond donors (Lipinski definition) is 1. The molecule has 1 saturated heterocycles. The largest absolute Gasteiger partial charge is 0.377 e. The standard InChI is InChI=1S/C12H25NOS/c1-2-3-4-7-13-8-10-15-11-12-6-5-9-14-12/h12-13H,2-11H2,1H3. The summed E-state index contributed by atoms with van der Waals surface area (Å²) >= 11 is 2.03. The molecule has 0 saturated carbocycles. The molecular weight excluding hydrogens is 206 g/mol. The number of nitrogens with one attached hydrogen (secondary N) is 1. The van der Waals surface area contributed by atoms with Crippen molar-refractivity contribution < 1.29 is 4.74 Å². The van der Waals surface area contributed by atoms with Crippen LogP contribution < -0.4 is 5.32 Å². The summed E-state index contributed by atoms with van der Waals surface area (Å²) in [6.07, 6.45) is 7.09. The topological polar surface area (TPSA) is 21.3 Å². The summed E-state index contributed by atoms with van der Waals surface area (Å²) in [6.45, 7) is 5.58. The van der Waals surface area contributed by atoms with Crippen LogP contribution in [0.5, 0.6) is 0 Å². The molecule has 1 atom stereocenters. The van der Waals surface area contributed by atoms with Gasteiger partial charge < -0.3 is 10.1 Å². The molecule has 1 unspecified atom stereocenters. The maximum Gasteiger partial charge on any atom is 0.0666 e. The Kier molecular flexibility index (Phi) is 8.44. The monoisotopic (exact) mass is 231 g/mol. The molecule has 0 aromatic carbocycles. The number of hydrogen-bond acceptors (Lipinski definition) is 3. The van der Waals surface area contributed by atoms with Crippen molar-refractivity contribution in [3.8, 4) is 0 Å². The second kappa shape index (κ2) is 9.49. The van der Waals surface area contributed by atoms with Crippen LogP contribution in [0.25, 0.3) is 0 Å². The average molecular weight is 231 g/mol. The van der Waals surface area contributed by atoms with Gasteiger partial charge in [-0.3, -0.25) is 0 Å². The van der Waals surface area contributed by atoms with Crippen LogP contribution >= 0.6 is 11.8 Å². The fourth-order valence-corrected chi connectivity index (χ4v) is 2.74. The van der Waals surface area contributed by atoms with Gasteiger partial charge in [0.15, 0.2) is 0 Å². The van der Waals surface area contributed by atoms with Crippen LogP contribution in [-0.4, -0.2) is 37.3 Å². The van der Waals surface area contributed by atoms with Gasteiger partial charge in [0.2, 0.25) is 0 Å². The molecule has 90 valence electrons. The van der Waals surface area contributed by atoms with Gasteiger partial charge in [-0.25, -0.2) is 0 Å². The van der Waals surface area contributed by atoms with E-state index >= 15 is 0 Å². The lowest BCUT2D eigenvalue weighted by atomic mass is 10.2. The van der Waals surface area contributed by atoms with Crippen molar-refractivity contribution >= 4 is 11.8 Å². The summed E-state index contributed by atoms with van der Waals surface area (Å²) < 4.78 is 5.57. The number of thioether (sulfide) groups is 1. The van der Waals surface area contributed by atoms with E-state index in [1.165, 1.54) is 50.2 Å². The molecule has 0 bridgehead atoms. The van der Waals surface area contributed by atoms with E-state index in [0.29, 0.717) is 6.10 Å². The van der Waals surface area contributed by atoms with Gasteiger partial charge >= 0.3 is 0 Å². The second-order valence-electron chi connectivity index (χ2n) is 4.17. The Bertz CT molecular complexity index is 138. The van der Waals surface area contributed by atoms with Gasteiger partial charge in [0.25, 0.3) is 0 Å². The van der Waals surface area contributed by atoms with Crippen LogP contribution in [0, 0.1) is 0 Å². The normalized spacial score (nSPS) is 21.0. The minimum absolute atomic E-state index is 0.551. The van der Waals surface area contributed by atoms with E-state index in [9.17, 15) is 0 Å². The van der Waals surface area contributed by atoms with Crippen LogP contribution in [0.3, 0.4) is 0 Å². The number of ether oxygens (including phenoxy) is 1. The molecule has 0 radical (unpaired) electrons. The van der Waals surface area contributed by atoms with Gasteiger partial charge in [-0.15, -0.1) is 0 Å². The van der Waals surface area contributed by atoms with Gasteiger partial charge in [0.1, 0.15) is 0 Å². The van der Waals surface area contributed by atoms with Crippen LogP contribution in [0.15, 0.2) is 0 Å². The van der Waals surface area contributed by atoms with Crippen LogP contribution in [-0.2, 0) is 4.74 Å². The minimum Gasteiger partial charge on any atom is -0.377 e. The lowest BCUT2D eigenvalue weighted by Crippen LogP contribution is -2.19. The predicted molar refractivity (Wildman–Crippen MR) is 68.7 cm³/mol. The maximum absolute atomic E-state index is 5.57. The lowest BCUT2D eigenvalue weighted by molar-refractivity contribution is 0.129. The zero-order chi connectivity index (χ0) is 10.8. The van der Waals surface area contributed by atoms with Crippen molar-refractivity contribution in [1.29, 1.82) is 0 Å². The molecule has 1 aliphatic heterocycles. The molecule has 0 spiro atoms. The van der Waals surface area contributed by atoms with E-state index in [4.69, 9.17) is 4.74 Å². The Morgan fingerprint density at radius 1 is 1.33 bits per heavy atom. The quantitative estimate of drug-likeness (QED) is 0.617. The highest BCUT2D eigenvalue weighted by atomic mass is 32.2. The van der Waals surface area contributed by atoms with Crippen molar-refractivity contribution in [3.05, 3.63) is 0 Å². The van der Waals surface area contributed by atoms with E-state index in [2.05, 4.69) is 12.2 Å². The first-order chi connectivity index (χ1) is 7.43. The van der Waals surface area contributed by atoms with Crippen molar-refractivity contribution in [2.45, 2.75) is 45.1 Å². The highest BCUT2D eigenvalue weighted by Crippen LogP contribution is 2.16. The van der Waals surface area contributed by atoms with Gasteiger partial charge in [-0.2, -0.15) is 11.8 Å². The number of rotatable bonds is 9. The van der Waals surface area contributed by atoms with Gasteiger partial charge in [-0.05, 0) is 25.8 Å². The Balaban J connectivity index is 1.73. The molecular formula is C12H25NOS. The third-order valence-electron chi connectivity index (χ3n) is 2.71. The Labute approximate surface area is 98.5 Å². The molecule has 0 aromatic heterocycles. The van der Waals surface area contributed by atoms with Crippen molar-refractivity contribution in [2.24, 2.45) is 0 Å². The van der Waals surface area contributed by atoms with Gasteiger partial charge in [0.05, 0.1) is 6.10 Å². The Morgan fingerprint density at radius 3 is 3.00 bits per heavy atom. The van der Waals surface area contributed by atoms with Crippen LogP contribution in [0.1, 0.15) is 39.0 Å². The van der Waals surface area contributed by atoms with E-state index in [0.717, 1.165) is 13.2 Å². The molecule has 1 N–H and O–H groups in total. The maximum atomic E-state index is 5.57. The molecule has 1 aliphatic rings. The first-order valence-electron chi connectivity index (χ1n) is 6.33. The van der Waals surface area contributed by atoms with Crippen molar-refractivity contribution in [1.82, 2.24) is 5.32 Å². The molecule has 3 heteroatoms. The molecule has 1 heterocycles. The van der Waals surface area contributed by atoms with Crippen molar-refractivity contribution in [3.63, 3.8) is 0 Å². The Hall–Kier alpha value is 0.270. The van der Waals surface area contributed by atoms with Crippen LogP contribution in [0.4, 0.5) is 0 Å². The molecule has 1 rings (SSSR count). The zero-order valence-corrected chi connectivity index (χ0v) is 10.8. The molecule has 1 fully saturated rings. The highest BCUT2D eigenvalue weighted by molar-refractivity contribution is 7.99. The lowest BCUT2D eigenvalue weighted by Gasteiger charge is -2.08. The predicted octanol–water partition coefficient (Wildman–Crippen LogP) is 2.68. The van der Waals surface area contributed by atoms with Crippen molar-refractivity contribution in [2.75, 3.05) is 31.2 Å². The summed E-state index contributed by atoms with van der Waals surface area (Å²) in [5.41, 5.74) is 0. The molecule has 0 amide bonds. The SMILES string of the molecule is CCCCCNCCSCC1CCCO1. The summed E-state index contributed by atoms with van der Waals surface area (Å²) in [5.74, 6) is 2.42. The first-order valence-corrected chi connectivity index (χ1v) is 7.49. The summed E-state index contributed by atoms with van der Waals surface area (Å²) in [4.78, 5) is 0. The zero-order valence-electron chi connectivity index (χ0n) is 9.96. The fraction of sp³-hybridized carbons (Fsp3) is 1.00. The van der Waals surface area contributed by atoms with Crippen LogP contribution in [0.2, 0.25) is 0 Å². The highest BCUT2D eigenvalue weighted by Gasteiger charge is 2.14. The average Bonchev–Trinajstić information content (AvgIpc) is 2.75. The van der Waals surface area contributed by atoms with E-state index < -0.39 is 0 Å². The molecule has 15 heavy (non-hydrogen) atoms. The smallest absolute Gasteiger partial charge is 0.0666 e. The minimum atomic E-state index is 0.551. The Morgan fingerprint density at radius 2 is 2.27 bits per heavy atom. The van der Waals surface area contributed by atoms with Gasteiger partial charge in [-0.1, -0.05) is 19.8 Å². The molecule has 2 nitrogen and oxygen atoms in total. The number of unbranched alkanes of at least 4 members (excludes halogenated alkanes) is 2. The first kappa shape index (κ1) is 13.3. The molecule has 0 aromatic rings. The van der Waals surface area contributed by atoms with E-state index in [1.807, 2.05) is 11.8 Å². The van der Waals surface area contributed by atoms with E-state index in [1.54, 1.807) is 0 Å². The summed E-state index contributed by atoms with van der Waals surface area (Å²) in [5, 5.41) is 3.48. The van der Waals surface area contributed by atoms with E-state index in [-0.39, 0.29) is 0 Å².